The molecule has 0 saturated heterocycles. The Labute approximate surface area is 147 Å². The smallest absolute Gasteiger partial charge is 0.191 e. The average molecular weight is 344 g/mol. The van der Waals surface area contributed by atoms with Crippen molar-refractivity contribution in [2.45, 2.75) is 32.9 Å². The molecule has 128 valence electrons. The predicted molar refractivity (Wildman–Crippen MR) is 102 cm³/mol. The monoisotopic (exact) mass is 343 g/mol. The minimum atomic E-state index is 0.553. The van der Waals surface area contributed by atoms with Gasteiger partial charge in [0.2, 0.25) is 0 Å². The number of rotatable bonds is 5. The van der Waals surface area contributed by atoms with Gasteiger partial charge in [0.25, 0.3) is 0 Å². The van der Waals surface area contributed by atoms with E-state index in [2.05, 4.69) is 63.6 Å². The summed E-state index contributed by atoms with van der Waals surface area (Å²) in [6, 6.07) is 9.25. The van der Waals surface area contributed by atoms with Gasteiger partial charge in [0.1, 0.15) is 5.01 Å². The van der Waals surface area contributed by atoms with Crippen molar-refractivity contribution >= 4 is 23.0 Å². The van der Waals surface area contributed by atoms with Crippen molar-refractivity contribution in [2.24, 2.45) is 4.99 Å². The number of fused-ring (bicyclic) bond motifs is 1. The van der Waals surface area contributed by atoms with Crippen LogP contribution in [0.2, 0.25) is 0 Å². The molecule has 1 aliphatic heterocycles. The quantitative estimate of drug-likeness (QED) is 0.647. The van der Waals surface area contributed by atoms with Crippen LogP contribution < -0.4 is 15.5 Å². The number of aromatic nitrogens is 1. The zero-order valence-corrected chi connectivity index (χ0v) is 15.4. The van der Waals surface area contributed by atoms with Gasteiger partial charge in [-0.1, -0.05) is 18.2 Å². The summed E-state index contributed by atoms with van der Waals surface area (Å²) in [6.45, 7) is 6.90. The molecule has 1 aliphatic rings. The molecule has 24 heavy (non-hydrogen) atoms. The fourth-order valence-electron chi connectivity index (χ4n) is 3.13. The Hall–Kier alpha value is -2.08. The topological polar surface area (TPSA) is 52.6 Å². The minimum absolute atomic E-state index is 0.553. The van der Waals surface area contributed by atoms with E-state index in [-0.39, 0.29) is 0 Å². The number of anilines is 1. The van der Waals surface area contributed by atoms with Crippen molar-refractivity contribution < 1.29 is 0 Å². The highest BCUT2D eigenvalue weighted by atomic mass is 32.1. The van der Waals surface area contributed by atoms with E-state index < -0.39 is 0 Å². The van der Waals surface area contributed by atoms with Crippen molar-refractivity contribution in [3.8, 4) is 0 Å². The van der Waals surface area contributed by atoms with Crippen LogP contribution in [0.3, 0.4) is 0 Å². The molecule has 6 heteroatoms. The second-order valence-electron chi connectivity index (χ2n) is 6.09. The van der Waals surface area contributed by atoms with Crippen LogP contribution in [0.4, 0.5) is 5.69 Å². The molecular weight excluding hydrogens is 318 g/mol. The van der Waals surface area contributed by atoms with Crippen LogP contribution in [-0.2, 0) is 13.0 Å². The number of nitrogens with zero attached hydrogens (tertiary/aromatic N) is 3. The maximum Gasteiger partial charge on any atom is 0.191 e. The van der Waals surface area contributed by atoms with E-state index in [0.29, 0.717) is 12.6 Å². The highest BCUT2D eigenvalue weighted by molar-refractivity contribution is 7.11. The summed E-state index contributed by atoms with van der Waals surface area (Å²) in [6.07, 6.45) is 3.04. The maximum absolute atomic E-state index is 4.37. The Morgan fingerprint density at radius 3 is 2.96 bits per heavy atom. The van der Waals surface area contributed by atoms with E-state index in [1.807, 2.05) is 6.20 Å². The molecule has 5 nitrogen and oxygen atoms in total. The zero-order chi connectivity index (χ0) is 16.9. The highest BCUT2D eigenvalue weighted by Crippen LogP contribution is 2.31. The van der Waals surface area contributed by atoms with E-state index in [1.165, 1.54) is 16.1 Å². The molecule has 1 aromatic heterocycles. The van der Waals surface area contributed by atoms with Gasteiger partial charge < -0.3 is 15.5 Å². The molecule has 0 spiro atoms. The molecule has 0 aliphatic carbocycles. The van der Waals surface area contributed by atoms with Crippen LogP contribution in [0.1, 0.15) is 22.4 Å². The molecule has 0 amide bonds. The fourth-order valence-corrected chi connectivity index (χ4v) is 3.86. The van der Waals surface area contributed by atoms with Gasteiger partial charge in [-0.2, -0.15) is 0 Å². The molecule has 1 unspecified atom stereocenters. The first kappa shape index (κ1) is 16.8. The fraction of sp³-hybridized carbons (Fsp3) is 0.444. The number of hydrogen-bond acceptors (Lipinski definition) is 4. The lowest BCUT2D eigenvalue weighted by Gasteiger charge is -2.25. The second-order valence-corrected chi connectivity index (χ2v) is 7.41. The largest absolute Gasteiger partial charge is 0.367 e. The number of nitrogens with one attached hydrogen (secondary N) is 2. The van der Waals surface area contributed by atoms with Gasteiger partial charge in [-0.05, 0) is 31.9 Å². The molecule has 0 fully saturated rings. The van der Waals surface area contributed by atoms with Crippen LogP contribution in [0.15, 0.2) is 35.5 Å². The van der Waals surface area contributed by atoms with Gasteiger partial charge in [0.15, 0.2) is 5.96 Å². The molecule has 3 rings (SSSR count). The third-order valence-electron chi connectivity index (χ3n) is 4.29. The summed E-state index contributed by atoms with van der Waals surface area (Å²) < 4.78 is 0. The lowest BCUT2D eigenvalue weighted by molar-refractivity contribution is 0.656. The zero-order valence-electron chi connectivity index (χ0n) is 14.5. The standard InChI is InChI=1S/C18H25N5S/c1-13-10-15-6-4-5-7-16(15)23(13)9-8-20-18(19-3)22-12-17-21-11-14(2)24-17/h4-7,11,13H,8-10,12H2,1-3H3,(H2,19,20,22). The van der Waals surface area contributed by atoms with Crippen molar-refractivity contribution in [1.82, 2.24) is 15.6 Å². The summed E-state index contributed by atoms with van der Waals surface area (Å²) in [5.74, 6) is 0.822. The number of benzene rings is 1. The predicted octanol–water partition coefficient (Wildman–Crippen LogP) is 2.57. The summed E-state index contributed by atoms with van der Waals surface area (Å²) in [5, 5.41) is 7.80. The highest BCUT2D eigenvalue weighted by Gasteiger charge is 2.24. The van der Waals surface area contributed by atoms with Crippen LogP contribution in [-0.4, -0.2) is 37.1 Å². The van der Waals surface area contributed by atoms with Crippen molar-refractivity contribution in [1.29, 1.82) is 0 Å². The summed E-state index contributed by atoms with van der Waals surface area (Å²) >= 11 is 1.71. The van der Waals surface area contributed by atoms with E-state index in [9.17, 15) is 0 Å². The molecule has 0 saturated carbocycles. The number of para-hydroxylation sites is 1. The molecule has 1 atom stereocenters. The lowest BCUT2D eigenvalue weighted by atomic mass is 10.1. The van der Waals surface area contributed by atoms with E-state index >= 15 is 0 Å². The van der Waals surface area contributed by atoms with Gasteiger partial charge in [-0.15, -0.1) is 11.3 Å². The molecule has 0 radical (unpaired) electrons. The van der Waals surface area contributed by atoms with Crippen LogP contribution in [0.25, 0.3) is 0 Å². The third-order valence-corrected chi connectivity index (χ3v) is 5.21. The van der Waals surface area contributed by atoms with Gasteiger partial charge in [-0.25, -0.2) is 4.98 Å². The van der Waals surface area contributed by atoms with Crippen molar-refractivity contribution in [3.63, 3.8) is 0 Å². The molecule has 2 heterocycles. The Morgan fingerprint density at radius 2 is 2.21 bits per heavy atom. The number of hydrogen-bond donors (Lipinski definition) is 2. The van der Waals surface area contributed by atoms with Crippen LogP contribution in [0, 0.1) is 6.92 Å². The first-order valence-corrected chi connectivity index (χ1v) is 9.19. The molecule has 0 bridgehead atoms. The van der Waals surface area contributed by atoms with Gasteiger partial charge in [0, 0.05) is 42.9 Å². The normalized spacial score (nSPS) is 17.0. The number of aryl methyl sites for hydroxylation is 1. The first-order valence-electron chi connectivity index (χ1n) is 8.37. The first-order chi connectivity index (χ1) is 11.7. The molecule has 2 aromatic rings. The van der Waals surface area contributed by atoms with E-state index in [4.69, 9.17) is 0 Å². The van der Waals surface area contributed by atoms with Crippen molar-refractivity contribution in [3.05, 3.63) is 45.9 Å². The summed E-state index contributed by atoms with van der Waals surface area (Å²) in [5.41, 5.74) is 2.82. The molecule has 2 N–H and O–H groups in total. The van der Waals surface area contributed by atoms with E-state index in [1.54, 1.807) is 18.4 Å². The minimum Gasteiger partial charge on any atom is -0.367 e. The Bertz CT molecular complexity index is 709. The van der Waals surface area contributed by atoms with Gasteiger partial charge in [0.05, 0.1) is 6.54 Å². The molecular formula is C18H25N5S. The van der Waals surface area contributed by atoms with Gasteiger partial charge >= 0.3 is 0 Å². The van der Waals surface area contributed by atoms with Gasteiger partial charge in [-0.3, -0.25) is 4.99 Å². The van der Waals surface area contributed by atoms with Crippen LogP contribution in [0.5, 0.6) is 0 Å². The maximum atomic E-state index is 4.37. The second kappa shape index (κ2) is 7.66. The number of aliphatic imine (C=N–C) groups is 1. The van der Waals surface area contributed by atoms with Crippen LogP contribution >= 0.6 is 11.3 Å². The third kappa shape index (κ3) is 3.87. The van der Waals surface area contributed by atoms with Crippen molar-refractivity contribution in [2.75, 3.05) is 25.0 Å². The summed E-state index contributed by atoms with van der Waals surface area (Å²) in [7, 11) is 1.80. The lowest BCUT2D eigenvalue weighted by Crippen LogP contribution is -2.42. The number of guanidine groups is 1. The Morgan fingerprint density at radius 1 is 1.38 bits per heavy atom. The Balaban J connectivity index is 1.48. The van der Waals surface area contributed by atoms with E-state index in [0.717, 1.165) is 30.5 Å². The number of thiazole rings is 1. The average Bonchev–Trinajstić information content (AvgIpc) is 3.14. The SMILES string of the molecule is CN=C(NCCN1c2ccccc2CC1C)NCc1ncc(C)s1. The molecule has 1 aromatic carbocycles. The summed E-state index contributed by atoms with van der Waals surface area (Å²) in [4.78, 5) is 12.4. The Kier molecular flexibility index (Phi) is 5.35.